The summed E-state index contributed by atoms with van der Waals surface area (Å²) in [5, 5.41) is 0. The van der Waals surface area contributed by atoms with Gasteiger partial charge >= 0.3 is 0 Å². The van der Waals surface area contributed by atoms with Crippen LogP contribution in [-0.2, 0) is 0 Å². The summed E-state index contributed by atoms with van der Waals surface area (Å²) in [6.45, 7) is 11.8. The van der Waals surface area contributed by atoms with E-state index in [2.05, 4.69) is 37.6 Å². The van der Waals surface area contributed by atoms with E-state index >= 15 is 0 Å². The van der Waals surface area contributed by atoms with Gasteiger partial charge in [-0.15, -0.1) is 0 Å². The molecule has 0 N–H and O–H groups in total. The van der Waals surface area contributed by atoms with Gasteiger partial charge in [0.25, 0.3) is 0 Å². The van der Waals surface area contributed by atoms with Crippen LogP contribution in [0.1, 0.15) is 6.92 Å². The second-order valence-electron chi connectivity index (χ2n) is 3.87. The van der Waals surface area contributed by atoms with Gasteiger partial charge in [0.2, 0.25) is 0 Å². The topological polar surface area (TPSA) is 3.01 Å². The summed E-state index contributed by atoms with van der Waals surface area (Å²) >= 11 is 0. The van der Waals surface area contributed by atoms with Crippen LogP contribution < -0.4 is 0 Å². The highest BCUT2D eigenvalue weighted by atomic mass is 31.2. The van der Waals surface area contributed by atoms with Crippen LogP contribution in [0.4, 0.5) is 0 Å². The summed E-state index contributed by atoms with van der Waals surface area (Å²) in [6, 6.07) is 0. The minimum atomic E-state index is -0.689. The van der Waals surface area contributed by atoms with Gasteiger partial charge < -0.3 is 4.90 Å². The van der Waals surface area contributed by atoms with E-state index in [-0.39, 0.29) is 0 Å². The van der Waals surface area contributed by atoms with Crippen molar-refractivity contribution in [3.8, 4) is 0 Å². The molecule has 0 aliphatic carbocycles. The Hall–Kier alpha value is -0.0300. The van der Waals surface area contributed by atoms with Crippen molar-refractivity contribution in [1.29, 1.82) is 0 Å². The van der Waals surface area contributed by atoms with E-state index in [9.17, 15) is 0 Å². The fraction of sp³-hybridized carbons (Fsp3) is 0.750. The van der Waals surface area contributed by atoms with Gasteiger partial charge in [-0.1, -0.05) is 0 Å². The van der Waals surface area contributed by atoms with Crippen LogP contribution in [0.25, 0.3) is 0 Å². The van der Waals surface area contributed by atoms with E-state index in [0.29, 0.717) is 0 Å². The molecule has 1 saturated heterocycles. The van der Waals surface area contributed by atoms with Gasteiger partial charge in [-0.2, -0.15) is 0 Å². The number of allylic oxidation sites excluding steroid dienone is 1. The molecule has 1 rings (SSSR count). The fourth-order valence-corrected chi connectivity index (χ4v) is 2.33. The highest BCUT2D eigenvalue weighted by Crippen LogP contribution is 2.49. The van der Waals surface area contributed by atoms with Gasteiger partial charge in [-0.3, -0.25) is 0 Å². The first-order chi connectivity index (χ1) is 4.49. The molecule has 10 heavy (non-hydrogen) atoms. The van der Waals surface area contributed by atoms with Crippen molar-refractivity contribution in [2.45, 2.75) is 6.92 Å². The molecule has 0 spiro atoms. The normalized spacial score (nSPS) is 19.6. The highest BCUT2D eigenvalue weighted by molar-refractivity contribution is 7.76. The molecule has 1 fully saturated rings. The van der Waals surface area contributed by atoms with Gasteiger partial charge in [0.15, 0.2) is 0 Å². The first kappa shape index (κ1) is 8.07. The zero-order valence-corrected chi connectivity index (χ0v) is 8.28. The molecule has 0 amide bonds. The van der Waals surface area contributed by atoms with E-state index in [1.165, 1.54) is 18.8 Å². The van der Waals surface area contributed by atoms with Gasteiger partial charge in [0, 0.05) is 26.0 Å². The van der Waals surface area contributed by atoms with Crippen molar-refractivity contribution >= 4 is 7.26 Å². The Morgan fingerprint density at radius 1 is 1.30 bits per heavy atom. The Labute approximate surface area is 64.4 Å². The third-order valence-corrected chi connectivity index (χ3v) is 2.67. The molecule has 58 valence electrons. The summed E-state index contributed by atoms with van der Waals surface area (Å²) in [5.74, 6) is 2.44. The first-order valence-corrected chi connectivity index (χ1v) is 6.94. The van der Waals surface area contributed by atoms with Crippen molar-refractivity contribution < 1.29 is 0 Å². The lowest BCUT2D eigenvalue weighted by molar-refractivity contribution is 0.701. The van der Waals surface area contributed by atoms with Crippen molar-refractivity contribution in [3.63, 3.8) is 0 Å². The van der Waals surface area contributed by atoms with Crippen molar-refractivity contribution in [1.82, 2.24) is 4.90 Å². The van der Waals surface area contributed by atoms with Gasteiger partial charge in [-0.25, -0.2) is 0 Å². The number of nitrogens with zero attached hydrogens (tertiary/aromatic N) is 1. The molecule has 0 aromatic rings. The number of rotatable bonds is 2. The summed E-state index contributed by atoms with van der Waals surface area (Å²) in [6.07, 6.45) is 0. The lowest BCUT2D eigenvalue weighted by Crippen LogP contribution is -1.92. The standard InChI is InChI=1S/C8H17NP/c1-8(9-5-6-9)7-10(2,3)4/h7H,5-6H2,1-4H3/q+1/b8-7-. The predicted molar refractivity (Wildman–Crippen MR) is 50.0 cm³/mol. The molecular weight excluding hydrogens is 141 g/mol. The second kappa shape index (κ2) is 2.54. The Morgan fingerprint density at radius 3 is 2.10 bits per heavy atom. The summed E-state index contributed by atoms with van der Waals surface area (Å²) < 4.78 is 0. The Kier molecular flexibility index (Phi) is 2.05. The molecule has 1 nitrogen and oxygen atoms in total. The zero-order chi connectivity index (χ0) is 7.78. The monoisotopic (exact) mass is 158 g/mol. The van der Waals surface area contributed by atoms with Crippen LogP contribution in [0.3, 0.4) is 0 Å². The van der Waals surface area contributed by atoms with Crippen LogP contribution in [0.15, 0.2) is 11.5 Å². The maximum Gasteiger partial charge on any atom is 0.0766 e. The number of hydrogen-bond acceptors (Lipinski definition) is 1. The van der Waals surface area contributed by atoms with E-state index in [1.807, 2.05) is 0 Å². The van der Waals surface area contributed by atoms with Gasteiger partial charge in [-0.05, 0) is 6.92 Å². The average Bonchev–Trinajstić information content (AvgIpc) is 2.35. The summed E-state index contributed by atoms with van der Waals surface area (Å²) in [7, 11) is -0.689. The van der Waals surface area contributed by atoms with E-state index < -0.39 is 7.26 Å². The molecule has 0 aromatic heterocycles. The summed E-state index contributed by atoms with van der Waals surface area (Å²) in [5.41, 5.74) is 1.49. The average molecular weight is 158 g/mol. The predicted octanol–water partition coefficient (Wildman–Crippen LogP) is 2.07. The Bertz CT molecular complexity index is 151. The summed E-state index contributed by atoms with van der Waals surface area (Å²) in [4.78, 5) is 2.41. The maximum atomic E-state index is 2.44. The largest absolute Gasteiger partial charge is 0.369 e. The minimum Gasteiger partial charge on any atom is -0.369 e. The SMILES string of the molecule is C/C(=C/[P+](C)(C)C)N1CC1. The van der Waals surface area contributed by atoms with Gasteiger partial charge in [0.05, 0.1) is 25.8 Å². The van der Waals surface area contributed by atoms with Crippen LogP contribution in [0.2, 0.25) is 0 Å². The molecule has 0 aromatic carbocycles. The smallest absolute Gasteiger partial charge is 0.0766 e. The van der Waals surface area contributed by atoms with Crippen LogP contribution >= 0.6 is 7.26 Å². The Morgan fingerprint density at radius 2 is 1.80 bits per heavy atom. The van der Waals surface area contributed by atoms with Crippen molar-refractivity contribution in [3.05, 3.63) is 11.5 Å². The minimum absolute atomic E-state index is 0.689. The number of hydrogen-bond donors (Lipinski definition) is 0. The molecular formula is C8H17NP+. The zero-order valence-electron chi connectivity index (χ0n) is 7.39. The van der Waals surface area contributed by atoms with Gasteiger partial charge in [0.1, 0.15) is 0 Å². The molecule has 1 aliphatic rings. The first-order valence-electron chi connectivity index (χ1n) is 3.74. The lowest BCUT2D eigenvalue weighted by atomic mass is 10.6. The quantitative estimate of drug-likeness (QED) is 0.439. The van der Waals surface area contributed by atoms with Crippen molar-refractivity contribution in [2.24, 2.45) is 0 Å². The Balaban J connectivity index is 2.51. The molecule has 0 unspecified atom stereocenters. The van der Waals surface area contributed by atoms with Crippen LogP contribution in [0.5, 0.6) is 0 Å². The highest BCUT2D eigenvalue weighted by Gasteiger charge is 2.22. The van der Waals surface area contributed by atoms with E-state index in [0.717, 1.165) is 0 Å². The van der Waals surface area contributed by atoms with Crippen molar-refractivity contribution in [2.75, 3.05) is 33.1 Å². The molecule has 1 aliphatic heterocycles. The van der Waals surface area contributed by atoms with Crippen LogP contribution in [0, 0.1) is 0 Å². The fourth-order valence-electron chi connectivity index (χ4n) is 1.04. The molecule has 0 radical (unpaired) electrons. The molecule has 0 saturated carbocycles. The molecule has 1 heterocycles. The third-order valence-electron chi connectivity index (χ3n) is 1.52. The maximum absolute atomic E-state index is 2.44. The van der Waals surface area contributed by atoms with Crippen LogP contribution in [-0.4, -0.2) is 38.0 Å². The van der Waals surface area contributed by atoms with E-state index in [1.54, 1.807) is 0 Å². The lowest BCUT2D eigenvalue weighted by Gasteiger charge is -2.07. The molecule has 0 bridgehead atoms. The third kappa shape index (κ3) is 2.70. The second-order valence-corrected chi connectivity index (χ2v) is 8.36. The van der Waals surface area contributed by atoms with E-state index in [4.69, 9.17) is 0 Å². The molecule has 0 atom stereocenters. The molecule has 2 heteroatoms.